The number of carbonyl (C=O) groups is 1. The summed E-state index contributed by atoms with van der Waals surface area (Å²) in [6.45, 7) is 15.9. The van der Waals surface area contributed by atoms with Crippen LogP contribution in [0.15, 0.2) is 0 Å². The fraction of sp³-hybridized carbons (Fsp3) is 0.923. The van der Waals surface area contributed by atoms with Crippen LogP contribution in [-0.2, 0) is 4.79 Å². The number of Topliss-reactive ketones (excluding diaryl/α,β-unsaturated/α-hetero) is 1. The van der Waals surface area contributed by atoms with Crippen LogP contribution in [0, 0.1) is 0 Å². The molecule has 0 aliphatic carbocycles. The quantitative estimate of drug-likeness (QED) is 0.383. The molecule has 0 saturated carbocycles. The molecule has 3 heteroatoms. The summed E-state index contributed by atoms with van der Waals surface area (Å²) in [5.74, 6) is 0.497. The first-order chi connectivity index (χ1) is 7.09. The summed E-state index contributed by atoms with van der Waals surface area (Å²) < 4.78 is 0.205. The molecular weight excluding hydrogens is 327 g/mol. The van der Waals surface area contributed by atoms with E-state index in [0.29, 0.717) is 16.4 Å². The zero-order valence-electron chi connectivity index (χ0n) is 11.9. The Balaban J connectivity index is 5.07. The highest BCUT2D eigenvalue weighted by molar-refractivity contribution is 14.1. The second-order valence-electron chi connectivity index (χ2n) is 6.21. The van der Waals surface area contributed by atoms with Crippen molar-refractivity contribution in [2.24, 2.45) is 0 Å². The van der Waals surface area contributed by atoms with Gasteiger partial charge in [-0.05, 0) is 17.9 Å². The number of hydrogen-bond donors (Lipinski definition) is 0. The van der Waals surface area contributed by atoms with E-state index in [2.05, 4.69) is 70.3 Å². The molecule has 16 heavy (non-hydrogen) atoms. The average Bonchev–Trinajstić information content (AvgIpc) is 2.15. The van der Waals surface area contributed by atoms with Gasteiger partial charge in [0.25, 0.3) is 0 Å². The van der Waals surface area contributed by atoms with E-state index in [9.17, 15) is 4.79 Å². The lowest BCUT2D eigenvalue weighted by molar-refractivity contribution is -0.118. The minimum absolute atomic E-state index is 0.205. The first-order valence-corrected chi connectivity index (χ1v) is 10.6. The molecule has 0 spiro atoms. The molecule has 0 aliphatic heterocycles. The second kappa shape index (κ2) is 5.98. The van der Waals surface area contributed by atoms with Crippen molar-refractivity contribution in [2.45, 2.75) is 75.1 Å². The lowest BCUT2D eigenvalue weighted by Gasteiger charge is -2.43. The molecule has 96 valence electrons. The van der Waals surface area contributed by atoms with Crippen LogP contribution >= 0.6 is 22.6 Å². The monoisotopic (exact) mass is 354 g/mol. The highest BCUT2D eigenvalue weighted by atomic mass is 127. The van der Waals surface area contributed by atoms with Crippen molar-refractivity contribution < 1.29 is 4.79 Å². The van der Waals surface area contributed by atoms with E-state index >= 15 is 0 Å². The summed E-state index contributed by atoms with van der Waals surface area (Å²) >= 11 is 2.31. The molecule has 0 bridgehead atoms. The second-order valence-corrected chi connectivity index (χ2v) is 13.4. The summed E-state index contributed by atoms with van der Waals surface area (Å²) in [5.41, 5.74) is 0.314. The van der Waals surface area contributed by atoms with Crippen molar-refractivity contribution >= 4 is 36.4 Å². The maximum atomic E-state index is 12.4. The number of carbonyl (C=O) groups excluding carboxylic acids is 1. The minimum atomic E-state index is -1.53. The van der Waals surface area contributed by atoms with Gasteiger partial charge in [0, 0.05) is 5.54 Å². The predicted molar refractivity (Wildman–Crippen MR) is 84.3 cm³/mol. The largest absolute Gasteiger partial charge is 0.299 e. The Hall–Kier alpha value is 0.617. The molecule has 0 unspecified atom stereocenters. The number of rotatable bonds is 5. The Morgan fingerprint density at radius 2 is 1.62 bits per heavy atom. The molecule has 0 heterocycles. The lowest BCUT2D eigenvalue weighted by Crippen LogP contribution is -2.46. The molecule has 0 fully saturated rings. The Labute approximate surface area is 116 Å². The van der Waals surface area contributed by atoms with E-state index in [0.717, 1.165) is 12.8 Å². The van der Waals surface area contributed by atoms with Gasteiger partial charge in [-0.1, -0.05) is 70.3 Å². The zero-order valence-corrected chi connectivity index (χ0v) is 15.0. The third-order valence-electron chi connectivity index (χ3n) is 4.22. The zero-order chi connectivity index (χ0) is 13.1. The Morgan fingerprint density at radius 1 is 1.19 bits per heavy atom. The molecule has 0 aromatic rings. The van der Waals surface area contributed by atoms with Crippen LogP contribution in [-0.4, -0.2) is 17.8 Å². The summed E-state index contributed by atoms with van der Waals surface area (Å²) in [7, 11) is -1.53. The molecule has 1 nitrogen and oxygen atoms in total. The third-order valence-corrected chi connectivity index (χ3v) is 12.0. The van der Waals surface area contributed by atoms with Crippen LogP contribution in [0.2, 0.25) is 23.7 Å². The van der Waals surface area contributed by atoms with Crippen molar-refractivity contribution in [1.29, 1.82) is 0 Å². The SMILES string of the molecule is CC[C@@H](I)C(=O)[C@@H](CC)[Si](C)(C)C(C)(C)C. The maximum Gasteiger partial charge on any atom is 0.146 e. The Bertz CT molecular complexity index is 243. The predicted octanol–water partition coefficient (Wildman–Crippen LogP) is 5.06. The van der Waals surface area contributed by atoms with Gasteiger partial charge in [-0.3, -0.25) is 4.79 Å². The van der Waals surface area contributed by atoms with Crippen molar-refractivity contribution in [3.05, 3.63) is 0 Å². The maximum absolute atomic E-state index is 12.4. The molecule has 0 saturated heterocycles. The van der Waals surface area contributed by atoms with Gasteiger partial charge in [0.15, 0.2) is 0 Å². The van der Waals surface area contributed by atoms with Gasteiger partial charge >= 0.3 is 0 Å². The molecular formula is C13H27IOSi. The topological polar surface area (TPSA) is 17.1 Å². The van der Waals surface area contributed by atoms with E-state index in [1.807, 2.05) is 0 Å². The van der Waals surface area contributed by atoms with Crippen molar-refractivity contribution in [1.82, 2.24) is 0 Å². The van der Waals surface area contributed by atoms with Crippen LogP contribution in [0.1, 0.15) is 47.5 Å². The van der Waals surface area contributed by atoms with Crippen LogP contribution < -0.4 is 0 Å². The fourth-order valence-corrected chi connectivity index (χ4v) is 5.76. The van der Waals surface area contributed by atoms with Crippen LogP contribution in [0.3, 0.4) is 0 Å². The van der Waals surface area contributed by atoms with E-state index in [4.69, 9.17) is 0 Å². The summed E-state index contributed by atoms with van der Waals surface area (Å²) in [6, 6.07) is 0. The fourth-order valence-electron chi connectivity index (χ4n) is 2.01. The molecule has 2 atom stereocenters. The van der Waals surface area contributed by atoms with Crippen LogP contribution in [0.5, 0.6) is 0 Å². The van der Waals surface area contributed by atoms with Gasteiger partial charge in [0.2, 0.25) is 0 Å². The smallest absolute Gasteiger partial charge is 0.146 e. The summed E-state index contributed by atoms with van der Waals surface area (Å²) in [5, 5.41) is 0.299. The van der Waals surface area contributed by atoms with Crippen LogP contribution in [0.25, 0.3) is 0 Å². The van der Waals surface area contributed by atoms with Crippen LogP contribution in [0.4, 0.5) is 0 Å². The number of ketones is 1. The van der Waals surface area contributed by atoms with E-state index in [-0.39, 0.29) is 3.92 Å². The molecule has 0 radical (unpaired) electrons. The third kappa shape index (κ3) is 3.55. The van der Waals surface area contributed by atoms with Gasteiger partial charge in [-0.15, -0.1) is 0 Å². The molecule has 0 amide bonds. The molecule has 0 aliphatic rings. The number of halogens is 1. The van der Waals surface area contributed by atoms with Crippen molar-refractivity contribution in [3.8, 4) is 0 Å². The van der Waals surface area contributed by atoms with Gasteiger partial charge in [-0.25, -0.2) is 0 Å². The normalized spacial score (nSPS) is 17.0. The van der Waals surface area contributed by atoms with E-state index < -0.39 is 8.07 Å². The number of alkyl halides is 1. The average molecular weight is 354 g/mol. The standard InChI is InChI=1S/C13H27IOSi/c1-8-10(14)12(15)11(9-2)16(6,7)13(3,4)5/h10-11H,8-9H2,1-7H3/t10-,11-/m1/s1. The first kappa shape index (κ1) is 16.6. The number of hydrogen-bond acceptors (Lipinski definition) is 1. The summed E-state index contributed by atoms with van der Waals surface area (Å²) in [6.07, 6.45) is 1.97. The van der Waals surface area contributed by atoms with E-state index in [1.165, 1.54) is 0 Å². The van der Waals surface area contributed by atoms with Gasteiger partial charge < -0.3 is 0 Å². The highest BCUT2D eigenvalue weighted by Crippen LogP contribution is 2.46. The first-order valence-electron chi connectivity index (χ1n) is 6.27. The lowest BCUT2D eigenvalue weighted by atomic mass is 10.1. The van der Waals surface area contributed by atoms with E-state index in [1.54, 1.807) is 0 Å². The van der Waals surface area contributed by atoms with Gasteiger partial charge in [0.05, 0.1) is 12.0 Å². The minimum Gasteiger partial charge on any atom is -0.299 e. The molecule has 0 rings (SSSR count). The molecule has 0 aromatic carbocycles. The van der Waals surface area contributed by atoms with Gasteiger partial charge in [-0.2, -0.15) is 0 Å². The highest BCUT2D eigenvalue weighted by Gasteiger charge is 2.45. The van der Waals surface area contributed by atoms with Gasteiger partial charge in [0.1, 0.15) is 5.78 Å². The van der Waals surface area contributed by atoms with Crippen molar-refractivity contribution in [2.75, 3.05) is 0 Å². The molecule has 0 aromatic heterocycles. The Kier molecular flexibility index (Phi) is 6.21. The Morgan fingerprint density at radius 3 is 1.88 bits per heavy atom. The molecule has 0 N–H and O–H groups in total. The summed E-state index contributed by atoms with van der Waals surface area (Å²) in [4.78, 5) is 12.4. The van der Waals surface area contributed by atoms with Crippen molar-refractivity contribution in [3.63, 3.8) is 0 Å².